The first-order chi connectivity index (χ1) is 12.0. The Balaban J connectivity index is 0.00000625. The highest BCUT2D eigenvalue weighted by molar-refractivity contribution is 14.0. The molecule has 0 radical (unpaired) electrons. The Bertz CT molecular complexity index is 529. The molecule has 0 aliphatic heterocycles. The molecule has 0 spiro atoms. The van der Waals surface area contributed by atoms with E-state index in [1.54, 1.807) is 0 Å². The number of anilines is 1. The zero-order valence-electron chi connectivity index (χ0n) is 15.0. The number of halogens is 4. The van der Waals surface area contributed by atoms with E-state index in [-0.39, 0.29) is 36.3 Å². The van der Waals surface area contributed by atoms with Crippen molar-refractivity contribution in [2.24, 2.45) is 4.99 Å². The second kappa shape index (κ2) is 13.8. The van der Waals surface area contributed by atoms with Gasteiger partial charge in [-0.15, -0.1) is 24.0 Å². The second-order valence-corrected chi connectivity index (χ2v) is 5.06. The molecule has 0 bridgehead atoms. The average Bonchev–Trinajstić information content (AvgIpc) is 2.58. The molecule has 1 heterocycles. The Morgan fingerprint density at radius 1 is 1.23 bits per heavy atom. The first-order valence-corrected chi connectivity index (χ1v) is 8.35. The minimum absolute atomic E-state index is 0. The Hall–Kier alpha value is -1.30. The largest absolute Gasteiger partial charge is 0.419 e. The van der Waals surface area contributed by atoms with Crippen molar-refractivity contribution in [2.45, 2.75) is 26.4 Å². The van der Waals surface area contributed by atoms with Gasteiger partial charge in [-0.2, -0.15) is 13.2 Å². The maximum absolute atomic E-state index is 12.9. The fourth-order valence-corrected chi connectivity index (χ4v) is 1.98. The van der Waals surface area contributed by atoms with E-state index in [1.165, 1.54) is 12.3 Å². The summed E-state index contributed by atoms with van der Waals surface area (Å²) in [6.07, 6.45) is -2.29. The number of nitrogens with one attached hydrogen (secondary N) is 3. The highest BCUT2D eigenvalue weighted by Gasteiger charge is 2.33. The van der Waals surface area contributed by atoms with Crippen LogP contribution < -0.4 is 16.0 Å². The standard InChI is InChI=1S/C16H26F3N5O.HI/c1-3-20-15(23-9-6-12-25-4-2)24-11-10-22-14-13(16(17,18)19)7-5-8-21-14;/h5,7-8H,3-4,6,9-12H2,1-2H3,(H,21,22)(H2,20,23,24);1H. The maximum Gasteiger partial charge on any atom is 0.419 e. The van der Waals surface area contributed by atoms with Gasteiger partial charge in [0.1, 0.15) is 5.82 Å². The van der Waals surface area contributed by atoms with Crippen LogP contribution >= 0.6 is 24.0 Å². The van der Waals surface area contributed by atoms with Gasteiger partial charge in [-0.05, 0) is 32.4 Å². The van der Waals surface area contributed by atoms with Gasteiger partial charge in [0.25, 0.3) is 0 Å². The summed E-state index contributed by atoms with van der Waals surface area (Å²) >= 11 is 0. The van der Waals surface area contributed by atoms with Crippen LogP contribution in [0.5, 0.6) is 0 Å². The summed E-state index contributed by atoms with van der Waals surface area (Å²) in [4.78, 5) is 8.14. The highest BCUT2D eigenvalue weighted by Crippen LogP contribution is 2.33. The topological polar surface area (TPSA) is 70.6 Å². The number of rotatable bonds is 10. The molecule has 0 aliphatic rings. The van der Waals surface area contributed by atoms with Crippen LogP contribution in [-0.2, 0) is 10.9 Å². The summed E-state index contributed by atoms with van der Waals surface area (Å²) in [5, 5.41) is 8.85. The minimum atomic E-state index is -4.43. The maximum atomic E-state index is 12.9. The molecule has 26 heavy (non-hydrogen) atoms. The van der Waals surface area contributed by atoms with E-state index >= 15 is 0 Å². The number of alkyl halides is 3. The van der Waals surface area contributed by atoms with Crippen LogP contribution in [0.3, 0.4) is 0 Å². The summed E-state index contributed by atoms with van der Waals surface area (Å²) < 4.78 is 43.9. The molecular weight excluding hydrogens is 462 g/mol. The number of ether oxygens (including phenoxy) is 1. The van der Waals surface area contributed by atoms with Crippen molar-refractivity contribution in [3.63, 3.8) is 0 Å². The van der Waals surface area contributed by atoms with Crippen LogP contribution in [0, 0.1) is 0 Å². The third-order valence-electron chi connectivity index (χ3n) is 3.09. The van der Waals surface area contributed by atoms with Crippen LogP contribution in [0.15, 0.2) is 23.3 Å². The zero-order chi connectivity index (χ0) is 18.5. The smallest absolute Gasteiger partial charge is 0.382 e. The first kappa shape index (κ1) is 24.7. The lowest BCUT2D eigenvalue weighted by Gasteiger charge is -2.14. The molecule has 0 fully saturated rings. The van der Waals surface area contributed by atoms with E-state index in [9.17, 15) is 13.2 Å². The highest BCUT2D eigenvalue weighted by atomic mass is 127. The van der Waals surface area contributed by atoms with E-state index in [2.05, 4.69) is 25.9 Å². The monoisotopic (exact) mass is 489 g/mol. The van der Waals surface area contributed by atoms with Crippen molar-refractivity contribution in [3.8, 4) is 0 Å². The van der Waals surface area contributed by atoms with Crippen molar-refractivity contribution in [1.29, 1.82) is 0 Å². The van der Waals surface area contributed by atoms with Crippen LogP contribution in [0.25, 0.3) is 0 Å². The van der Waals surface area contributed by atoms with Gasteiger partial charge >= 0.3 is 6.18 Å². The number of guanidine groups is 1. The van der Waals surface area contributed by atoms with E-state index in [0.29, 0.717) is 38.8 Å². The zero-order valence-corrected chi connectivity index (χ0v) is 17.4. The Morgan fingerprint density at radius 2 is 2.00 bits per heavy atom. The molecule has 1 aromatic heterocycles. The third-order valence-corrected chi connectivity index (χ3v) is 3.09. The van der Waals surface area contributed by atoms with Crippen molar-refractivity contribution in [1.82, 2.24) is 15.6 Å². The predicted molar refractivity (Wildman–Crippen MR) is 108 cm³/mol. The lowest BCUT2D eigenvalue weighted by atomic mass is 10.2. The molecule has 1 aromatic rings. The number of aliphatic imine (C=N–C) groups is 1. The van der Waals surface area contributed by atoms with Gasteiger partial charge in [0.05, 0.1) is 5.56 Å². The minimum Gasteiger partial charge on any atom is -0.382 e. The van der Waals surface area contributed by atoms with Gasteiger partial charge in [0, 0.05) is 45.6 Å². The van der Waals surface area contributed by atoms with Crippen molar-refractivity contribution in [2.75, 3.05) is 44.7 Å². The summed E-state index contributed by atoms with van der Waals surface area (Å²) in [5.41, 5.74) is -0.772. The summed E-state index contributed by atoms with van der Waals surface area (Å²) in [6, 6.07) is 2.27. The van der Waals surface area contributed by atoms with Gasteiger partial charge in [-0.3, -0.25) is 4.99 Å². The molecule has 0 aliphatic carbocycles. The van der Waals surface area contributed by atoms with E-state index < -0.39 is 11.7 Å². The van der Waals surface area contributed by atoms with Crippen LogP contribution in [-0.4, -0.2) is 50.3 Å². The van der Waals surface area contributed by atoms with E-state index in [0.717, 1.165) is 12.5 Å². The SMILES string of the molecule is CCNC(=NCCCOCC)NCCNc1ncccc1C(F)(F)F.I. The molecule has 0 aromatic carbocycles. The Labute approximate surface area is 169 Å². The lowest BCUT2D eigenvalue weighted by molar-refractivity contribution is -0.137. The molecular formula is C16H27F3IN5O. The summed E-state index contributed by atoms with van der Waals surface area (Å²) in [6.45, 7) is 7.22. The summed E-state index contributed by atoms with van der Waals surface area (Å²) in [5.74, 6) is 0.452. The number of hydrogen-bond acceptors (Lipinski definition) is 4. The molecule has 0 saturated heterocycles. The molecule has 150 valence electrons. The van der Waals surface area contributed by atoms with Crippen molar-refractivity contribution >= 4 is 35.8 Å². The van der Waals surface area contributed by atoms with Gasteiger partial charge in [-0.25, -0.2) is 4.98 Å². The average molecular weight is 489 g/mol. The number of pyridine rings is 1. The number of nitrogens with zero attached hydrogens (tertiary/aromatic N) is 2. The van der Waals surface area contributed by atoms with Crippen LogP contribution in [0.2, 0.25) is 0 Å². The lowest BCUT2D eigenvalue weighted by Crippen LogP contribution is -2.39. The number of aromatic nitrogens is 1. The molecule has 3 N–H and O–H groups in total. The van der Waals surface area contributed by atoms with Gasteiger partial charge in [0.2, 0.25) is 0 Å². The van der Waals surface area contributed by atoms with Crippen LogP contribution in [0.4, 0.5) is 19.0 Å². The fraction of sp³-hybridized carbons (Fsp3) is 0.625. The second-order valence-electron chi connectivity index (χ2n) is 5.06. The molecule has 10 heteroatoms. The normalized spacial score (nSPS) is 11.7. The van der Waals surface area contributed by atoms with Gasteiger partial charge < -0.3 is 20.7 Å². The quantitative estimate of drug-likeness (QED) is 0.204. The fourth-order valence-electron chi connectivity index (χ4n) is 1.98. The molecule has 0 unspecified atom stereocenters. The molecule has 6 nitrogen and oxygen atoms in total. The molecule has 1 rings (SSSR count). The van der Waals surface area contributed by atoms with Crippen LogP contribution in [0.1, 0.15) is 25.8 Å². The summed E-state index contributed by atoms with van der Waals surface area (Å²) in [7, 11) is 0. The Kier molecular flexibility index (Phi) is 13.2. The predicted octanol–water partition coefficient (Wildman–Crippen LogP) is 3.11. The van der Waals surface area contributed by atoms with E-state index in [4.69, 9.17) is 4.74 Å². The van der Waals surface area contributed by atoms with E-state index in [1.807, 2.05) is 13.8 Å². The van der Waals surface area contributed by atoms with Gasteiger partial charge in [0.15, 0.2) is 5.96 Å². The first-order valence-electron chi connectivity index (χ1n) is 8.35. The molecule has 0 amide bonds. The Morgan fingerprint density at radius 3 is 2.65 bits per heavy atom. The van der Waals surface area contributed by atoms with Crippen molar-refractivity contribution < 1.29 is 17.9 Å². The number of hydrogen-bond donors (Lipinski definition) is 3. The molecule has 0 atom stereocenters. The third kappa shape index (κ3) is 10.00. The molecule has 0 saturated carbocycles. The van der Waals surface area contributed by atoms with Crippen molar-refractivity contribution in [3.05, 3.63) is 23.9 Å². The van der Waals surface area contributed by atoms with Gasteiger partial charge in [-0.1, -0.05) is 0 Å².